The molecule has 0 spiro atoms. The molecule has 0 atom stereocenters. The highest BCUT2D eigenvalue weighted by Gasteiger charge is 2.26. The van der Waals surface area contributed by atoms with Crippen molar-refractivity contribution in [3.8, 4) is 11.5 Å². The van der Waals surface area contributed by atoms with E-state index < -0.39 is 5.97 Å². The van der Waals surface area contributed by atoms with E-state index >= 15 is 0 Å². The van der Waals surface area contributed by atoms with Gasteiger partial charge in [0.05, 0.1) is 5.57 Å². The third-order valence-electron chi connectivity index (χ3n) is 3.51. The second kappa shape index (κ2) is 5.83. The van der Waals surface area contributed by atoms with E-state index in [2.05, 4.69) is 5.32 Å². The lowest BCUT2D eigenvalue weighted by atomic mass is 9.94. The van der Waals surface area contributed by atoms with Crippen LogP contribution in [0.5, 0.6) is 11.5 Å². The Morgan fingerprint density at radius 2 is 1.91 bits per heavy atom. The van der Waals surface area contributed by atoms with Crippen LogP contribution in [0.3, 0.4) is 0 Å². The molecule has 4 nitrogen and oxygen atoms in total. The molecule has 22 heavy (non-hydrogen) atoms. The lowest BCUT2D eigenvalue weighted by Crippen LogP contribution is -2.14. The Balaban J connectivity index is 2.38. The van der Waals surface area contributed by atoms with Crippen LogP contribution in [0.4, 0.5) is 0 Å². The minimum Gasteiger partial charge on any atom is -0.478 e. The van der Waals surface area contributed by atoms with Crippen LogP contribution in [0, 0.1) is 0 Å². The zero-order valence-electron chi connectivity index (χ0n) is 11.9. The van der Waals surface area contributed by atoms with Crippen LogP contribution >= 0.6 is 11.6 Å². The van der Waals surface area contributed by atoms with E-state index in [4.69, 9.17) is 16.3 Å². The summed E-state index contributed by atoms with van der Waals surface area (Å²) in [7, 11) is 1.77. The Kier molecular flexibility index (Phi) is 3.88. The Bertz CT molecular complexity index is 783. The van der Waals surface area contributed by atoms with Crippen LogP contribution in [0.2, 0.25) is 5.02 Å². The van der Waals surface area contributed by atoms with Crippen LogP contribution in [-0.2, 0) is 4.79 Å². The number of benzene rings is 2. The van der Waals surface area contributed by atoms with Crippen molar-refractivity contribution in [3.63, 3.8) is 0 Å². The molecule has 1 heterocycles. The number of fused-ring (bicyclic) bond motifs is 2. The van der Waals surface area contributed by atoms with Gasteiger partial charge < -0.3 is 15.2 Å². The van der Waals surface area contributed by atoms with Crippen molar-refractivity contribution in [2.45, 2.75) is 0 Å². The minimum atomic E-state index is -0.992. The van der Waals surface area contributed by atoms with Crippen LogP contribution in [-0.4, -0.2) is 24.7 Å². The maximum atomic E-state index is 11.9. The zero-order valence-corrected chi connectivity index (χ0v) is 12.6. The number of aliphatic carboxylic acids is 1. The van der Waals surface area contributed by atoms with Crippen molar-refractivity contribution in [2.75, 3.05) is 13.6 Å². The summed E-state index contributed by atoms with van der Waals surface area (Å²) in [6.45, 7) is 0.396. The van der Waals surface area contributed by atoms with Gasteiger partial charge >= 0.3 is 5.97 Å². The molecule has 1 aliphatic heterocycles. The van der Waals surface area contributed by atoms with Gasteiger partial charge in [-0.2, -0.15) is 0 Å². The Morgan fingerprint density at radius 1 is 1.18 bits per heavy atom. The molecule has 2 N–H and O–H groups in total. The van der Waals surface area contributed by atoms with Gasteiger partial charge in [-0.05, 0) is 36.9 Å². The van der Waals surface area contributed by atoms with E-state index in [1.807, 2.05) is 6.07 Å². The molecule has 0 saturated heterocycles. The molecule has 2 aromatic rings. The monoisotopic (exact) mass is 315 g/mol. The predicted molar refractivity (Wildman–Crippen MR) is 86.3 cm³/mol. The third-order valence-corrected chi connectivity index (χ3v) is 3.75. The van der Waals surface area contributed by atoms with E-state index in [1.54, 1.807) is 43.4 Å². The molecule has 0 fully saturated rings. The number of carboxylic acids is 1. The fourth-order valence-corrected chi connectivity index (χ4v) is 2.78. The van der Waals surface area contributed by atoms with Gasteiger partial charge in [0.1, 0.15) is 11.5 Å². The van der Waals surface area contributed by atoms with Crippen molar-refractivity contribution in [3.05, 3.63) is 58.6 Å². The number of likely N-dealkylation sites (N-methyl/N-ethyl adjacent to an activating group) is 1. The van der Waals surface area contributed by atoms with E-state index in [0.29, 0.717) is 39.8 Å². The molecule has 3 rings (SSSR count). The van der Waals surface area contributed by atoms with Gasteiger partial charge in [-0.25, -0.2) is 4.79 Å². The number of nitrogens with one attached hydrogen (secondary N) is 1. The van der Waals surface area contributed by atoms with Gasteiger partial charge in [0.2, 0.25) is 0 Å². The molecule has 0 aromatic heterocycles. The van der Waals surface area contributed by atoms with Gasteiger partial charge in [-0.15, -0.1) is 0 Å². The number of hydrogen-bond acceptors (Lipinski definition) is 3. The summed E-state index contributed by atoms with van der Waals surface area (Å²) < 4.78 is 5.92. The number of carbonyl (C=O) groups is 1. The molecule has 0 bridgehead atoms. The summed E-state index contributed by atoms with van der Waals surface area (Å²) in [4.78, 5) is 11.9. The van der Waals surface area contributed by atoms with Crippen molar-refractivity contribution >= 4 is 28.7 Å². The smallest absolute Gasteiger partial charge is 0.336 e. The molecule has 112 valence electrons. The summed E-state index contributed by atoms with van der Waals surface area (Å²) in [5, 5.41) is 13.3. The fraction of sp³-hybridized carbons (Fsp3) is 0.118. The van der Waals surface area contributed by atoms with Gasteiger partial charge in [-0.3, -0.25) is 0 Å². The molecule has 0 radical (unpaired) electrons. The van der Waals surface area contributed by atoms with Crippen molar-refractivity contribution in [1.82, 2.24) is 5.32 Å². The predicted octanol–water partition coefficient (Wildman–Crippen LogP) is 3.66. The molecular weight excluding hydrogens is 302 g/mol. The second-order valence-electron chi connectivity index (χ2n) is 4.93. The molecule has 0 amide bonds. The first-order valence-electron chi connectivity index (χ1n) is 6.80. The standard InChI is InChI=1S/C17H14ClNO3/c1-19-9-13-12-8-10(18)6-7-15(12)22-14-5-3-2-4-11(14)16(13)17(20)21/h2-8,19H,9H2,1H3,(H,20,21). The average Bonchev–Trinajstić information content (AvgIpc) is 2.62. The lowest BCUT2D eigenvalue weighted by Gasteiger charge is -2.12. The molecule has 0 saturated carbocycles. The van der Waals surface area contributed by atoms with E-state index in [1.165, 1.54) is 0 Å². The average molecular weight is 316 g/mol. The zero-order chi connectivity index (χ0) is 15.7. The highest BCUT2D eigenvalue weighted by atomic mass is 35.5. The number of carboxylic acid groups (broad SMARTS) is 1. The molecule has 5 heteroatoms. The Labute approximate surface area is 133 Å². The Hall–Kier alpha value is -2.30. The SMILES string of the molecule is CNCC1=C(C(=O)O)c2ccccc2Oc2ccc(Cl)cc21. The lowest BCUT2D eigenvalue weighted by molar-refractivity contribution is -0.130. The maximum Gasteiger partial charge on any atom is 0.336 e. The highest BCUT2D eigenvalue weighted by molar-refractivity contribution is 6.31. The first-order valence-corrected chi connectivity index (χ1v) is 7.18. The summed E-state index contributed by atoms with van der Waals surface area (Å²) in [5.41, 5.74) is 2.13. The second-order valence-corrected chi connectivity index (χ2v) is 5.36. The van der Waals surface area contributed by atoms with E-state index in [9.17, 15) is 9.90 Å². The molecule has 2 aromatic carbocycles. The Morgan fingerprint density at radius 3 is 2.64 bits per heavy atom. The van der Waals surface area contributed by atoms with Gasteiger partial charge in [-0.1, -0.05) is 29.8 Å². The number of hydrogen-bond donors (Lipinski definition) is 2. The van der Waals surface area contributed by atoms with E-state index in [0.717, 1.165) is 0 Å². The van der Waals surface area contributed by atoms with Gasteiger partial charge in [0.25, 0.3) is 0 Å². The largest absolute Gasteiger partial charge is 0.478 e. The van der Waals surface area contributed by atoms with Crippen molar-refractivity contribution in [2.24, 2.45) is 0 Å². The first-order chi connectivity index (χ1) is 10.6. The minimum absolute atomic E-state index is 0.228. The van der Waals surface area contributed by atoms with Crippen molar-refractivity contribution in [1.29, 1.82) is 0 Å². The van der Waals surface area contributed by atoms with Crippen LogP contribution in [0.1, 0.15) is 11.1 Å². The fourth-order valence-electron chi connectivity index (χ4n) is 2.61. The van der Waals surface area contributed by atoms with Crippen LogP contribution in [0.25, 0.3) is 11.1 Å². The number of ether oxygens (including phenoxy) is 1. The third kappa shape index (κ3) is 2.47. The topological polar surface area (TPSA) is 58.6 Å². The maximum absolute atomic E-state index is 11.9. The van der Waals surface area contributed by atoms with Crippen LogP contribution < -0.4 is 10.1 Å². The number of halogens is 1. The summed E-state index contributed by atoms with van der Waals surface area (Å²) >= 11 is 6.09. The summed E-state index contributed by atoms with van der Waals surface area (Å²) in [5.74, 6) is 0.127. The van der Waals surface area contributed by atoms with Crippen molar-refractivity contribution < 1.29 is 14.6 Å². The first kappa shape index (κ1) is 14.6. The molecule has 0 aliphatic carbocycles. The highest BCUT2D eigenvalue weighted by Crippen LogP contribution is 2.42. The molecule has 1 aliphatic rings. The molecule has 0 unspecified atom stereocenters. The molecular formula is C17H14ClNO3. The van der Waals surface area contributed by atoms with Crippen LogP contribution in [0.15, 0.2) is 42.5 Å². The quantitative estimate of drug-likeness (QED) is 0.907. The van der Waals surface area contributed by atoms with E-state index in [-0.39, 0.29) is 5.57 Å². The van der Waals surface area contributed by atoms with Gasteiger partial charge in [0.15, 0.2) is 0 Å². The summed E-state index contributed by atoms with van der Waals surface area (Å²) in [6.07, 6.45) is 0. The van der Waals surface area contributed by atoms with Gasteiger partial charge in [0, 0.05) is 22.7 Å². The normalized spacial score (nSPS) is 13.0. The number of para-hydroxylation sites is 1. The number of rotatable bonds is 3. The summed E-state index contributed by atoms with van der Waals surface area (Å²) in [6, 6.07) is 12.3.